The van der Waals surface area contributed by atoms with E-state index in [1.165, 1.54) is 42.0 Å². The molecule has 1 heterocycles. The van der Waals surface area contributed by atoms with Crippen LogP contribution < -0.4 is 5.32 Å². The lowest BCUT2D eigenvalue weighted by Crippen LogP contribution is -2.20. The normalized spacial score (nSPS) is 16.9. The summed E-state index contributed by atoms with van der Waals surface area (Å²) in [6.07, 6.45) is 5.79. The Balaban J connectivity index is 1.58. The lowest BCUT2D eigenvalue weighted by Gasteiger charge is -2.25. The van der Waals surface area contributed by atoms with Gasteiger partial charge in [-0.2, -0.15) is 0 Å². The van der Waals surface area contributed by atoms with Crippen molar-refractivity contribution >= 4 is 11.3 Å². The quantitative estimate of drug-likeness (QED) is 0.733. The smallest absolute Gasteiger partial charge is 0.0299 e. The maximum Gasteiger partial charge on any atom is 0.0299 e. The molecular formula is C12H19NS. The molecule has 0 amide bonds. The Morgan fingerprint density at radius 1 is 1.43 bits per heavy atom. The largest absolute Gasteiger partial charge is 0.312 e. The molecule has 2 rings (SSSR count). The Labute approximate surface area is 90.5 Å². The molecule has 0 spiro atoms. The second-order valence-corrected chi connectivity index (χ2v) is 5.65. The molecule has 0 saturated heterocycles. The second kappa shape index (κ2) is 4.94. The maximum absolute atomic E-state index is 3.52. The summed E-state index contributed by atoms with van der Waals surface area (Å²) in [5.74, 6) is 1.03. The fourth-order valence-corrected chi connectivity index (χ4v) is 2.74. The van der Waals surface area contributed by atoms with E-state index >= 15 is 0 Å². The summed E-state index contributed by atoms with van der Waals surface area (Å²) in [6.45, 7) is 4.43. The third-order valence-electron chi connectivity index (χ3n) is 3.05. The molecule has 1 N–H and O–H groups in total. The third kappa shape index (κ3) is 2.82. The van der Waals surface area contributed by atoms with Crippen LogP contribution in [0.4, 0.5) is 0 Å². The summed E-state index contributed by atoms with van der Waals surface area (Å²) in [6, 6.07) is 4.43. The minimum atomic E-state index is 1.03. The van der Waals surface area contributed by atoms with Crippen LogP contribution in [0.15, 0.2) is 12.1 Å². The van der Waals surface area contributed by atoms with Gasteiger partial charge in [0.05, 0.1) is 0 Å². The Hall–Kier alpha value is -0.340. The van der Waals surface area contributed by atoms with Crippen molar-refractivity contribution in [2.45, 2.75) is 39.2 Å². The topological polar surface area (TPSA) is 12.0 Å². The van der Waals surface area contributed by atoms with Gasteiger partial charge in [-0.1, -0.05) is 19.3 Å². The minimum absolute atomic E-state index is 1.03. The average Bonchev–Trinajstić information content (AvgIpc) is 2.48. The molecule has 0 unspecified atom stereocenters. The van der Waals surface area contributed by atoms with E-state index in [0.29, 0.717) is 0 Å². The van der Waals surface area contributed by atoms with Crippen molar-refractivity contribution < 1.29 is 0 Å². The molecule has 14 heavy (non-hydrogen) atoms. The van der Waals surface area contributed by atoms with Gasteiger partial charge in [0.15, 0.2) is 0 Å². The van der Waals surface area contributed by atoms with Crippen LogP contribution in [0.25, 0.3) is 0 Å². The highest BCUT2D eigenvalue weighted by Gasteiger charge is 2.15. The Bertz CT molecular complexity index is 276. The van der Waals surface area contributed by atoms with Crippen LogP contribution in [0.5, 0.6) is 0 Å². The van der Waals surface area contributed by atoms with E-state index in [-0.39, 0.29) is 0 Å². The fraction of sp³-hybridized carbons (Fsp3) is 0.667. The van der Waals surface area contributed by atoms with Crippen LogP contribution in [0, 0.1) is 12.8 Å². The fourth-order valence-electron chi connectivity index (χ4n) is 1.88. The van der Waals surface area contributed by atoms with Crippen LogP contribution in [0.3, 0.4) is 0 Å². The van der Waals surface area contributed by atoms with Gasteiger partial charge < -0.3 is 5.32 Å². The summed E-state index contributed by atoms with van der Waals surface area (Å²) in [7, 11) is 0. The van der Waals surface area contributed by atoms with E-state index in [1.807, 2.05) is 11.3 Å². The molecule has 1 aromatic rings. The molecule has 2 heteroatoms. The molecule has 0 aliphatic heterocycles. The minimum Gasteiger partial charge on any atom is -0.312 e. The molecule has 1 aliphatic rings. The van der Waals surface area contributed by atoms with Gasteiger partial charge in [0.25, 0.3) is 0 Å². The van der Waals surface area contributed by atoms with Gasteiger partial charge in [0.1, 0.15) is 0 Å². The number of hydrogen-bond donors (Lipinski definition) is 1. The van der Waals surface area contributed by atoms with E-state index in [2.05, 4.69) is 24.4 Å². The number of rotatable bonds is 5. The van der Waals surface area contributed by atoms with Crippen LogP contribution in [-0.4, -0.2) is 6.54 Å². The first kappa shape index (κ1) is 10.2. The summed E-state index contributed by atoms with van der Waals surface area (Å²) < 4.78 is 0. The predicted molar refractivity (Wildman–Crippen MR) is 62.7 cm³/mol. The van der Waals surface area contributed by atoms with Crippen LogP contribution in [0.1, 0.15) is 35.4 Å². The first-order chi connectivity index (χ1) is 6.84. The maximum atomic E-state index is 3.52. The van der Waals surface area contributed by atoms with E-state index < -0.39 is 0 Å². The SMILES string of the molecule is Cc1ccc(CNCCC2CCC2)s1. The van der Waals surface area contributed by atoms with Crippen molar-refractivity contribution in [2.75, 3.05) is 6.54 Å². The van der Waals surface area contributed by atoms with Gasteiger partial charge in [-0.05, 0) is 37.9 Å². The molecule has 0 atom stereocenters. The Morgan fingerprint density at radius 3 is 2.86 bits per heavy atom. The zero-order valence-electron chi connectivity index (χ0n) is 8.88. The molecule has 1 aromatic heterocycles. The van der Waals surface area contributed by atoms with Crippen molar-refractivity contribution in [3.8, 4) is 0 Å². The zero-order valence-corrected chi connectivity index (χ0v) is 9.70. The highest BCUT2D eigenvalue weighted by molar-refractivity contribution is 7.11. The zero-order chi connectivity index (χ0) is 9.80. The van der Waals surface area contributed by atoms with Gasteiger partial charge >= 0.3 is 0 Å². The highest BCUT2D eigenvalue weighted by atomic mass is 32.1. The number of aryl methyl sites for hydroxylation is 1. The molecular weight excluding hydrogens is 190 g/mol. The molecule has 0 aromatic carbocycles. The van der Waals surface area contributed by atoms with E-state index in [1.54, 1.807) is 0 Å². The summed E-state index contributed by atoms with van der Waals surface area (Å²) in [4.78, 5) is 2.89. The molecule has 1 saturated carbocycles. The molecule has 0 radical (unpaired) electrons. The van der Waals surface area contributed by atoms with Gasteiger partial charge in [0.2, 0.25) is 0 Å². The number of hydrogen-bond acceptors (Lipinski definition) is 2. The van der Waals surface area contributed by atoms with Crippen molar-refractivity contribution in [2.24, 2.45) is 5.92 Å². The molecule has 1 aliphatic carbocycles. The first-order valence-electron chi connectivity index (χ1n) is 5.60. The lowest BCUT2D eigenvalue weighted by molar-refractivity contribution is 0.292. The lowest BCUT2D eigenvalue weighted by atomic mass is 9.83. The van der Waals surface area contributed by atoms with Crippen molar-refractivity contribution in [1.29, 1.82) is 0 Å². The monoisotopic (exact) mass is 209 g/mol. The third-order valence-corrected chi connectivity index (χ3v) is 4.05. The average molecular weight is 209 g/mol. The van der Waals surface area contributed by atoms with Crippen LogP contribution in [-0.2, 0) is 6.54 Å². The summed E-state index contributed by atoms with van der Waals surface area (Å²) in [5, 5.41) is 3.52. The van der Waals surface area contributed by atoms with E-state index in [9.17, 15) is 0 Å². The second-order valence-electron chi connectivity index (χ2n) is 4.27. The predicted octanol–water partition coefficient (Wildman–Crippen LogP) is 3.34. The van der Waals surface area contributed by atoms with E-state index in [0.717, 1.165) is 12.5 Å². The number of thiophene rings is 1. The standard InChI is InChI=1S/C12H19NS/c1-10-5-6-12(14-10)9-13-8-7-11-3-2-4-11/h5-6,11,13H,2-4,7-9H2,1H3. The highest BCUT2D eigenvalue weighted by Crippen LogP contribution is 2.28. The Kier molecular flexibility index (Phi) is 3.60. The number of nitrogens with one attached hydrogen (secondary N) is 1. The van der Waals surface area contributed by atoms with E-state index in [4.69, 9.17) is 0 Å². The molecule has 0 bridgehead atoms. The van der Waals surface area contributed by atoms with Crippen molar-refractivity contribution in [3.05, 3.63) is 21.9 Å². The van der Waals surface area contributed by atoms with Gasteiger partial charge in [0, 0.05) is 16.3 Å². The van der Waals surface area contributed by atoms with Gasteiger partial charge in [-0.25, -0.2) is 0 Å². The van der Waals surface area contributed by atoms with Crippen molar-refractivity contribution in [3.63, 3.8) is 0 Å². The van der Waals surface area contributed by atoms with Crippen LogP contribution >= 0.6 is 11.3 Å². The van der Waals surface area contributed by atoms with Crippen LogP contribution in [0.2, 0.25) is 0 Å². The summed E-state index contributed by atoms with van der Waals surface area (Å²) >= 11 is 1.90. The molecule has 1 fully saturated rings. The first-order valence-corrected chi connectivity index (χ1v) is 6.42. The molecule has 78 valence electrons. The van der Waals surface area contributed by atoms with Crippen molar-refractivity contribution in [1.82, 2.24) is 5.32 Å². The Morgan fingerprint density at radius 2 is 2.29 bits per heavy atom. The van der Waals surface area contributed by atoms with Gasteiger partial charge in [-0.15, -0.1) is 11.3 Å². The molecule has 1 nitrogen and oxygen atoms in total. The van der Waals surface area contributed by atoms with Gasteiger partial charge in [-0.3, -0.25) is 0 Å². The summed E-state index contributed by atoms with van der Waals surface area (Å²) in [5.41, 5.74) is 0.